The van der Waals surface area contributed by atoms with Crippen molar-refractivity contribution in [2.75, 3.05) is 22.1 Å². The average molecular weight is 510 g/mol. The Morgan fingerprint density at radius 1 is 0.943 bits per heavy atom. The van der Waals surface area contributed by atoms with Crippen LogP contribution < -0.4 is 20.3 Å². The molecule has 9 heteroatoms. The lowest BCUT2D eigenvalue weighted by molar-refractivity contribution is -0.120. The molecule has 1 aliphatic heterocycles. The number of halogens is 2. The lowest BCUT2D eigenvalue weighted by atomic mass is 10.1. The predicted molar refractivity (Wildman–Crippen MR) is 137 cm³/mol. The van der Waals surface area contributed by atoms with Crippen LogP contribution in [0.25, 0.3) is 0 Å². The maximum absolute atomic E-state index is 13.1. The molecule has 0 saturated carbocycles. The highest BCUT2D eigenvalue weighted by molar-refractivity contribution is 6.53. The number of imide groups is 1. The van der Waals surface area contributed by atoms with Crippen LogP contribution in [0.2, 0.25) is 5.02 Å². The number of para-hydroxylation sites is 2. The summed E-state index contributed by atoms with van der Waals surface area (Å²) in [6, 6.07) is 18.4. The molecule has 4 rings (SSSR count). The minimum absolute atomic E-state index is 0.0750. The van der Waals surface area contributed by atoms with Gasteiger partial charge in [0.05, 0.1) is 18.0 Å². The molecule has 1 heterocycles. The third-order valence-electron chi connectivity index (χ3n) is 5.31. The van der Waals surface area contributed by atoms with Gasteiger partial charge in [-0.3, -0.25) is 14.4 Å². The van der Waals surface area contributed by atoms with Crippen LogP contribution >= 0.6 is 23.2 Å². The molecule has 0 unspecified atom stereocenters. The number of hydrogen-bond acceptors (Lipinski definition) is 5. The quantitative estimate of drug-likeness (QED) is 0.396. The Morgan fingerprint density at radius 3 is 2.37 bits per heavy atom. The summed E-state index contributed by atoms with van der Waals surface area (Å²) in [6.07, 6.45) is 0. The molecular formula is C26H21Cl2N3O4. The van der Waals surface area contributed by atoms with E-state index in [0.29, 0.717) is 40.0 Å². The van der Waals surface area contributed by atoms with Crippen molar-refractivity contribution in [3.63, 3.8) is 0 Å². The standard InChI is InChI=1S/C26H21Cl2N3O4/c1-3-35-21-7-5-4-6-19(21)30-24(32)16-9-8-15(2)20(14-16)29-23-22(28)25(33)31(26(23)34)18-12-10-17(27)11-13-18/h4-14,29H,3H2,1-2H3,(H,30,32). The Labute approximate surface area is 212 Å². The molecule has 0 saturated heterocycles. The molecule has 3 aromatic carbocycles. The van der Waals surface area contributed by atoms with E-state index in [1.54, 1.807) is 67.6 Å². The summed E-state index contributed by atoms with van der Waals surface area (Å²) in [6.45, 7) is 4.13. The van der Waals surface area contributed by atoms with Crippen LogP contribution in [0.3, 0.4) is 0 Å². The summed E-state index contributed by atoms with van der Waals surface area (Å²) in [4.78, 5) is 39.7. The van der Waals surface area contributed by atoms with Crippen molar-refractivity contribution in [3.8, 4) is 5.75 Å². The topological polar surface area (TPSA) is 87.7 Å². The Hall–Kier alpha value is -3.81. The number of hydrogen-bond donors (Lipinski definition) is 2. The molecule has 178 valence electrons. The number of benzene rings is 3. The monoisotopic (exact) mass is 509 g/mol. The number of nitrogens with one attached hydrogen (secondary N) is 2. The van der Waals surface area contributed by atoms with Crippen LogP contribution in [-0.2, 0) is 9.59 Å². The maximum Gasteiger partial charge on any atom is 0.283 e. The van der Waals surface area contributed by atoms with Crippen LogP contribution in [0.4, 0.5) is 17.1 Å². The van der Waals surface area contributed by atoms with Gasteiger partial charge < -0.3 is 15.4 Å². The number of aryl methyl sites for hydroxylation is 1. The molecule has 0 aromatic heterocycles. The van der Waals surface area contributed by atoms with Gasteiger partial charge in [0, 0.05) is 16.3 Å². The Balaban J connectivity index is 1.58. The molecule has 0 bridgehead atoms. The van der Waals surface area contributed by atoms with E-state index in [0.717, 1.165) is 10.5 Å². The largest absolute Gasteiger partial charge is 0.492 e. The summed E-state index contributed by atoms with van der Waals surface area (Å²) in [5.74, 6) is -1.07. The molecule has 0 atom stereocenters. The second-order valence-corrected chi connectivity index (χ2v) is 8.46. The van der Waals surface area contributed by atoms with Crippen LogP contribution in [-0.4, -0.2) is 24.3 Å². The van der Waals surface area contributed by atoms with Gasteiger partial charge in [-0.05, 0) is 67.9 Å². The highest BCUT2D eigenvalue weighted by Crippen LogP contribution is 2.32. The van der Waals surface area contributed by atoms with Crippen LogP contribution in [0, 0.1) is 6.92 Å². The first kappa shape index (κ1) is 24.3. The summed E-state index contributed by atoms with van der Waals surface area (Å²) in [5, 5.41) is 6.01. The zero-order chi connectivity index (χ0) is 25.1. The zero-order valence-corrected chi connectivity index (χ0v) is 20.4. The Kier molecular flexibility index (Phi) is 7.10. The number of amides is 3. The van der Waals surface area contributed by atoms with Crippen molar-refractivity contribution >= 4 is 58.0 Å². The highest BCUT2D eigenvalue weighted by Gasteiger charge is 2.39. The summed E-state index contributed by atoms with van der Waals surface area (Å²) in [7, 11) is 0. The SMILES string of the molecule is CCOc1ccccc1NC(=O)c1ccc(C)c(NC2=C(Cl)C(=O)N(c3ccc(Cl)cc3)C2=O)c1. The number of nitrogens with zero attached hydrogens (tertiary/aromatic N) is 1. The highest BCUT2D eigenvalue weighted by atomic mass is 35.5. The van der Waals surface area contributed by atoms with E-state index < -0.39 is 11.8 Å². The molecular weight excluding hydrogens is 489 g/mol. The van der Waals surface area contributed by atoms with Gasteiger partial charge in [-0.1, -0.05) is 41.4 Å². The van der Waals surface area contributed by atoms with Crippen LogP contribution in [0.5, 0.6) is 5.75 Å². The van der Waals surface area contributed by atoms with Gasteiger partial charge in [-0.15, -0.1) is 0 Å². The van der Waals surface area contributed by atoms with Gasteiger partial charge in [0.2, 0.25) is 0 Å². The molecule has 0 fully saturated rings. The van der Waals surface area contributed by atoms with E-state index in [1.807, 2.05) is 13.0 Å². The molecule has 3 aromatic rings. The van der Waals surface area contributed by atoms with E-state index in [1.165, 1.54) is 0 Å². The maximum atomic E-state index is 13.1. The van der Waals surface area contributed by atoms with Crippen molar-refractivity contribution in [1.82, 2.24) is 0 Å². The molecule has 3 amide bonds. The van der Waals surface area contributed by atoms with Crippen molar-refractivity contribution < 1.29 is 19.1 Å². The number of anilines is 3. The van der Waals surface area contributed by atoms with Gasteiger partial charge in [0.25, 0.3) is 17.7 Å². The molecule has 35 heavy (non-hydrogen) atoms. The lowest BCUT2D eigenvalue weighted by Crippen LogP contribution is -2.32. The fourth-order valence-corrected chi connectivity index (χ4v) is 3.85. The molecule has 0 radical (unpaired) electrons. The van der Waals surface area contributed by atoms with Gasteiger partial charge in [-0.25, -0.2) is 4.90 Å². The summed E-state index contributed by atoms with van der Waals surface area (Å²) in [5.41, 5.74) is 2.36. The first-order chi connectivity index (χ1) is 16.8. The Morgan fingerprint density at radius 2 is 1.66 bits per heavy atom. The fourth-order valence-electron chi connectivity index (χ4n) is 3.51. The lowest BCUT2D eigenvalue weighted by Gasteiger charge is -2.16. The first-order valence-electron chi connectivity index (χ1n) is 10.7. The van der Waals surface area contributed by atoms with Crippen LogP contribution in [0.1, 0.15) is 22.8 Å². The minimum Gasteiger partial charge on any atom is -0.492 e. The molecule has 0 aliphatic carbocycles. The third kappa shape index (κ3) is 5.01. The van der Waals surface area contributed by atoms with Gasteiger partial charge in [0.15, 0.2) is 0 Å². The number of rotatable bonds is 7. The third-order valence-corrected chi connectivity index (χ3v) is 5.91. The smallest absolute Gasteiger partial charge is 0.283 e. The van der Waals surface area contributed by atoms with Crippen molar-refractivity contribution in [2.24, 2.45) is 0 Å². The number of carbonyl (C=O) groups is 3. The molecule has 7 nitrogen and oxygen atoms in total. The van der Waals surface area contributed by atoms with Crippen molar-refractivity contribution in [2.45, 2.75) is 13.8 Å². The number of ether oxygens (including phenoxy) is 1. The molecule has 2 N–H and O–H groups in total. The van der Waals surface area contributed by atoms with Crippen LogP contribution in [0.15, 0.2) is 77.5 Å². The summed E-state index contributed by atoms with van der Waals surface area (Å²) < 4.78 is 5.56. The number of carbonyl (C=O) groups excluding carboxylic acids is 3. The Bertz CT molecular complexity index is 1350. The van der Waals surface area contributed by atoms with Gasteiger partial charge in [-0.2, -0.15) is 0 Å². The minimum atomic E-state index is -0.652. The predicted octanol–water partition coefficient (Wildman–Crippen LogP) is 5.74. The zero-order valence-electron chi connectivity index (χ0n) is 18.9. The molecule has 0 spiro atoms. The van der Waals surface area contributed by atoms with E-state index in [-0.39, 0.29) is 16.6 Å². The van der Waals surface area contributed by atoms with Gasteiger partial charge in [0.1, 0.15) is 16.5 Å². The second kappa shape index (κ2) is 10.2. The second-order valence-electron chi connectivity index (χ2n) is 7.65. The summed E-state index contributed by atoms with van der Waals surface area (Å²) >= 11 is 12.2. The van der Waals surface area contributed by atoms with Gasteiger partial charge >= 0.3 is 0 Å². The molecule has 1 aliphatic rings. The van der Waals surface area contributed by atoms with Crippen molar-refractivity contribution in [3.05, 3.63) is 93.6 Å². The first-order valence-corrected chi connectivity index (χ1v) is 11.5. The fraction of sp³-hybridized carbons (Fsp3) is 0.115. The van der Waals surface area contributed by atoms with E-state index in [2.05, 4.69) is 10.6 Å². The van der Waals surface area contributed by atoms with E-state index >= 15 is 0 Å². The normalized spacial score (nSPS) is 13.3. The van der Waals surface area contributed by atoms with Crippen molar-refractivity contribution in [1.29, 1.82) is 0 Å². The van der Waals surface area contributed by atoms with E-state index in [4.69, 9.17) is 27.9 Å². The average Bonchev–Trinajstić information content (AvgIpc) is 3.05. The van der Waals surface area contributed by atoms with E-state index in [9.17, 15) is 14.4 Å².